The first-order valence-electron chi connectivity index (χ1n) is 16.5. The highest BCUT2D eigenvalue weighted by Crippen LogP contribution is 2.44. The minimum absolute atomic E-state index is 0.417. The van der Waals surface area contributed by atoms with Crippen LogP contribution in [0.1, 0.15) is 11.1 Å². The second-order valence-corrected chi connectivity index (χ2v) is 12.7. The van der Waals surface area contributed by atoms with Crippen LogP contribution in [0.3, 0.4) is 0 Å². The van der Waals surface area contributed by atoms with Crippen LogP contribution in [0.5, 0.6) is 0 Å². The maximum absolute atomic E-state index is 10.9. The molecule has 0 fully saturated rings. The summed E-state index contributed by atoms with van der Waals surface area (Å²) in [5, 5.41) is 28.0. The minimum Gasteiger partial charge on any atom is -0.455 e. The number of hydrogen-bond acceptors (Lipinski definition) is 4. The Labute approximate surface area is 283 Å². The van der Waals surface area contributed by atoms with E-state index in [1.54, 1.807) is 0 Å². The van der Waals surface area contributed by atoms with E-state index >= 15 is 0 Å². The second-order valence-electron chi connectivity index (χ2n) is 12.7. The fraction of sp³-hybridized carbons (Fsp3) is 0. The molecule has 0 saturated heterocycles. The molecule has 4 heterocycles. The highest BCUT2D eigenvalue weighted by Gasteiger charge is 2.24. The van der Waals surface area contributed by atoms with E-state index in [1.165, 1.54) is 6.21 Å². The number of fused-ring (bicyclic) bond motifs is 14. The number of para-hydroxylation sites is 4. The van der Waals surface area contributed by atoms with Gasteiger partial charge >= 0.3 is 0 Å². The molecule has 50 heavy (non-hydrogen) atoms. The Morgan fingerprint density at radius 2 is 0.940 bits per heavy atom. The van der Waals surface area contributed by atoms with Crippen LogP contribution < -0.4 is 0 Å². The van der Waals surface area contributed by atoms with Crippen molar-refractivity contribution in [2.75, 3.05) is 0 Å². The second kappa shape index (κ2) is 9.72. The molecule has 0 bridgehead atoms. The maximum Gasteiger partial charge on any atom is 0.145 e. The van der Waals surface area contributed by atoms with Crippen LogP contribution in [-0.2, 0) is 0 Å². The lowest BCUT2D eigenvalue weighted by Crippen LogP contribution is -2.06. The van der Waals surface area contributed by atoms with E-state index in [1.807, 2.05) is 72.8 Å². The van der Waals surface area contributed by atoms with Crippen molar-refractivity contribution in [3.63, 3.8) is 0 Å². The van der Waals surface area contributed by atoms with Crippen molar-refractivity contribution in [1.82, 2.24) is 9.13 Å². The average molecular weight is 641 g/mol. The number of nitrogens with one attached hydrogen (secondary N) is 1. The van der Waals surface area contributed by atoms with Crippen LogP contribution in [0.15, 0.2) is 142 Å². The summed E-state index contributed by atoms with van der Waals surface area (Å²) in [6.07, 6.45) is 1.31. The lowest BCUT2D eigenvalue weighted by molar-refractivity contribution is 0.672. The quantitative estimate of drug-likeness (QED) is 0.195. The van der Waals surface area contributed by atoms with Crippen molar-refractivity contribution in [2.45, 2.75) is 0 Å². The summed E-state index contributed by atoms with van der Waals surface area (Å²) in [5.41, 5.74) is 9.55. The van der Waals surface area contributed by atoms with Crippen LogP contribution in [0.4, 0.5) is 0 Å². The summed E-state index contributed by atoms with van der Waals surface area (Å²) in [7, 11) is 0. The summed E-state index contributed by atoms with van der Waals surface area (Å²) in [4.78, 5) is 0. The standard InChI is InChI=1S/C44H24N4O2/c45-23-31-32(24-46)36(48-34-14-6-2-12-30(34)42-38(48)20-18-28-26-10-4-8-16-40(26)50-44(28)42)22-21-35(31)47-33-13-5-1-11-29(33)41-37(47)19-17-27-25-9-3-7-15-39(25)49-43(27)41/h1-23,45H. The van der Waals surface area contributed by atoms with E-state index in [9.17, 15) is 5.26 Å². The SMILES string of the molecule is N#Cc1c(-n2c3ccccc3c3c4oc5ccccc5c4ccc32)ccc(-n2c3ccccc3c3c4oc5ccccc5c4ccc32)c1C=N. The zero-order valence-electron chi connectivity index (χ0n) is 26.4. The molecule has 7 aromatic carbocycles. The highest BCUT2D eigenvalue weighted by atomic mass is 16.3. The van der Waals surface area contributed by atoms with Crippen LogP contribution in [0.2, 0.25) is 0 Å². The van der Waals surface area contributed by atoms with E-state index in [0.29, 0.717) is 16.8 Å². The smallest absolute Gasteiger partial charge is 0.145 e. The van der Waals surface area contributed by atoms with E-state index in [0.717, 1.165) is 93.2 Å². The number of hydrogen-bond donors (Lipinski definition) is 1. The van der Waals surface area contributed by atoms with Gasteiger partial charge in [0.25, 0.3) is 0 Å². The van der Waals surface area contributed by atoms with Gasteiger partial charge in [-0.25, -0.2) is 0 Å². The number of rotatable bonds is 3. The highest BCUT2D eigenvalue weighted by molar-refractivity contribution is 6.25. The number of aromatic nitrogens is 2. The Morgan fingerprint density at radius 3 is 1.46 bits per heavy atom. The van der Waals surface area contributed by atoms with Crippen molar-refractivity contribution < 1.29 is 8.83 Å². The number of nitrogens with zero attached hydrogens (tertiary/aromatic N) is 3. The predicted octanol–water partition coefficient (Wildman–Crippen LogP) is 11.5. The van der Waals surface area contributed by atoms with Crippen LogP contribution in [0.25, 0.3) is 98.9 Å². The van der Waals surface area contributed by atoms with Crippen molar-refractivity contribution in [1.29, 1.82) is 10.7 Å². The van der Waals surface area contributed by atoms with Crippen molar-refractivity contribution in [3.8, 4) is 17.4 Å². The molecule has 1 N–H and O–H groups in total. The zero-order valence-corrected chi connectivity index (χ0v) is 26.4. The number of benzene rings is 7. The molecule has 11 aromatic rings. The van der Waals surface area contributed by atoms with Crippen molar-refractivity contribution >= 4 is 93.7 Å². The van der Waals surface area contributed by atoms with Crippen LogP contribution in [0, 0.1) is 16.7 Å². The summed E-state index contributed by atoms with van der Waals surface area (Å²) in [5.74, 6) is 0. The van der Waals surface area contributed by atoms with Gasteiger partial charge in [-0.05, 0) is 60.7 Å². The summed E-state index contributed by atoms with van der Waals surface area (Å²) >= 11 is 0. The van der Waals surface area contributed by atoms with E-state index in [-0.39, 0.29) is 0 Å². The number of furan rings is 2. The summed E-state index contributed by atoms with van der Waals surface area (Å²) < 4.78 is 17.3. The van der Waals surface area contributed by atoms with Gasteiger partial charge in [-0.3, -0.25) is 0 Å². The molecule has 11 rings (SSSR count). The molecule has 0 unspecified atom stereocenters. The van der Waals surface area contributed by atoms with Gasteiger partial charge in [-0.1, -0.05) is 72.8 Å². The van der Waals surface area contributed by atoms with E-state index < -0.39 is 0 Å². The molecule has 0 saturated carbocycles. The Kier molecular flexibility index (Phi) is 5.23. The first-order valence-corrected chi connectivity index (χ1v) is 16.5. The first-order chi connectivity index (χ1) is 24.7. The Balaban J connectivity index is 1.23. The normalized spacial score (nSPS) is 12.1. The average Bonchev–Trinajstić information content (AvgIpc) is 3.91. The molecular weight excluding hydrogens is 617 g/mol. The van der Waals surface area contributed by atoms with E-state index in [4.69, 9.17) is 14.2 Å². The third kappa shape index (κ3) is 3.33. The van der Waals surface area contributed by atoms with Gasteiger partial charge in [-0.15, -0.1) is 0 Å². The lowest BCUT2D eigenvalue weighted by atomic mass is 10.0. The summed E-state index contributed by atoms with van der Waals surface area (Å²) in [6, 6.07) is 47.7. The van der Waals surface area contributed by atoms with Gasteiger partial charge in [0.15, 0.2) is 0 Å². The molecule has 0 spiro atoms. The Hall–Kier alpha value is -7.10. The minimum atomic E-state index is 0.417. The third-order valence-electron chi connectivity index (χ3n) is 10.3. The molecule has 0 aliphatic rings. The molecular formula is C44H24N4O2. The van der Waals surface area contributed by atoms with Crippen LogP contribution in [-0.4, -0.2) is 15.3 Å². The van der Waals surface area contributed by atoms with Gasteiger partial charge in [0, 0.05) is 44.1 Å². The van der Waals surface area contributed by atoms with Gasteiger partial charge in [0.1, 0.15) is 28.4 Å². The van der Waals surface area contributed by atoms with Gasteiger partial charge in [-0.2, -0.15) is 5.26 Å². The molecule has 0 atom stereocenters. The summed E-state index contributed by atoms with van der Waals surface area (Å²) in [6.45, 7) is 0. The molecule has 6 heteroatoms. The van der Waals surface area contributed by atoms with Gasteiger partial charge in [0.05, 0.1) is 49.8 Å². The molecule has 6 nitrogen and oxygen atoms in total. The molecule has 4 aromatic heterocycles. The van der Waals surface area contributed by atoms with Gasteiger partial charge < -0.3 is 23.4 Å². The fourth-order valence-electron chi connectivity index (χ4n) is 8.23. The molecule has 232 valence electrons. The maximum atomic E-state index is 10.9. The monoisotopic (exact) mass is 640 g/mol. The first kappa shape index (κ1) is 26.9. The van der Waals surface area contributed by atoms with Crippen molar-refractivity contribution in [3.05, 3.63) is 145 Å². The van der Waals surface area contributed by atoms with E-state index in [2.05, 4.69) is 75.9 Å². The molecule has 0 amide bonds. The van der Waals surface area contributed by atoms with Crippen molar-refractivity contribution in [2.24, 2.45) is 0 Å². The molecule has 0 radical (unpaired) electrons. The zero-order chi connectivity index (χ0) is 33.1. The topological polar surface area (TPSA) is 83.8 Å². The fourth-order valence-corrected chi connectivity index (χ4v) is 8.23. The predicted molar refractivity (Wildman–Crippen MR) is 202 cm³/mol. The number of nitriles is 1. The molecule has 0 aliphatic carbocycles. The van der Waals surface area contributed by atoms with Gasteiger partial charge in [0.2, 0.25) is 0 Å². The largest absolute Gasteiger partial charge is 0.455 e. The molecule has 0 aliphatic heterocycles. The Bertz CT molecular complexity index is 3310. The Morgan fingerprint density at radius 1 is 0.480 bits per heavy atom. The van der Waals surface area contributed by atoms with Crippen LogP contribution >= 0.6 is 0 Å². The lowest BCUT2D eigenvalue weighted by Gasteiger charge is -2.17. The third-order valence-corrected chi connectivity index (χ3v) is 10.3.